The van der Waals surface area contributed by atoms with Gasteiger partial charge in [-0.2, -0.15) is 0 Å². The largest absolute Gasteiger partial charge is 0.381 e. The number of hydrogen-bond donors (Lipinski definition) is 2. The summed E-state index contributed by atoms with van der Waals surface area (Å²) in [4.78, 5) is 12.5. The van der Waals surface area contributed by atoms with Gasteiger partial charge in [0.25, 0.3) is 0 Å². The SMILES string of the molecule is Cc1ccc(NC(=O)Cn2nnc(S(=O)(=O)c3ccc(C(C)(C)C)cc3)c2N)c(C)c1. The van der Waals surface area contributed by atoms with Gasteiger partial charge in [0.15, 0.2) is 5.82 Å². The molecule has 0 radical (unpaired) electrons. The van der Waals surface area contributed by atoms with E-state index in [1.165, 1.54) is 12.1 Å². The summed E-state index contributed by atoms with van der Waals surface area (Å²) in [6, 6.07) is 12.2. The van der Waals surface area contributed by atoms with Gasteiger partial charge in [0.2, 0.25) is 20.8 Å². The fraction of sp³-hybridized carbons (Fsp3) is 0.318. The molecule has 0 saturated carbocycles. The molecule has 0 bridgehead atoms. The first-order chi connectivity index (χ1) is 14.4. The summed E-state index contributed by atoms with van der Waals surface area (Å²) >= 11 is 0. The maximum absolute atomic E-state index is 13.0. The molecule has 0 unspecified atom stereocenters. The minimum Gasteiger partial charge on any atom is -0.381 e. The number of nitrogens with zero attached hydrogens (tertiary/aromatic N) is 3. The number of carbonyl (C=O) groups excluding carboxylic acids is 1. The number of aryl methyl sites for hydroxylation is 2. The normalized spacial score (nSPS) is 12.0. The standard InChI is InChI=1S/C22H27N5O3S/c1-14-6-11-18(15(2)12-14)24-19(28)13-27-20(23)21(25-26-27)31(29,30)17-9-7-16(8-10-17)22(3,4)5/h6-12H,13,23H2,1-5H3,(H,24,28). The van der Waals surface area contributed by atoms with Crippen molar-refractivity contribution in [1.82, 2.24) is 15.0 Å². The van der Waals surface area contributed by atoms with Crippen LogP contribution in [-0.2, 0) is 26.6 Å². The fourth-order valence-corrected chi connectivity index (χ4v) is 4.38. The lowest BCUT2D eigenvalue weighted by molar-refractivity contribution is -0.116. The number of anilines is 2. The number of aromatic nitrogens is 3. The highest BCUT2D eigenvalue weighted by atomic mass is 32.2. The summed E-state index contributed by atoms with van der Waals surface area (Å²) < 4.78 is 27.1. The third-order valence-electron chi connectivity index (χ3n) is 4.98. The van der Waals surface area contributed by atoms with Gasteiger partial charge in [-0.1, -0.05) is 55.8 Å². The number of nitrogen functional groups attached to an aromatic ring is 1. The number of rotatable bonds is 5. The van der Waals surface area contributed by atoms with Gasteiger partial charge < -0.3 is 11.1 Å². The van der Waals surface area contributed by atoms with Crippen LogP contribution in [-0.4, -0.2) is 29.3 Å². The van der Waals surface area contributed by atoms with Crippen LogP contribution >= 0.6 is 0 Å². The van der Waals surface area contributed by atoms with Crippen LogP contribution in [0, 0.1) is 13.8 Å². The molecule has 31 heavy (non-hydrogen) atoms. The van der Waals surface area contributed by atoms with Crippen molar-refractivity contribution in [3.05, 3.63) is 59.2 Å². The zero-order chi connectivity index (χ0) is 23.0. The van der Waals surface area contributed by atoms with E-state index in [0.717, 1.165) is 21.4 Å². The topological polar surface area (TPSA) is 120 Å². The van der Waals surface area contributed by atoms with E-state index in [9.17, 15) is 13.2 Å². The number of benzene rings is 2. The molecule has 0 fully saturated rings. The average molecular weight is 442 g/mol. The van der Waals surface area contributed by atoms with Crippen molar-refractivity contribution in [2.24, 2.45) is 0 Å². The zero-order valence-electron chi connectivity index (χ0n) is 18.3. The van der Waals surface area contributed by atoms with E-state index in [-0.39, 0.29) is 33.6 Å². The van der Waals surface area contributed by atoms with Gasteiger partial charge in [0.1, 0.15) is 6.54 Å². The van der Waals surface area contributed by atoms with E-state index in [0.29, 0.717) is 5.69 Å². The number of nitrogens with two attached hydrogens (primary N) is 1. The summed E-state index contributed by atoms with van der Waals surface area (Å²) in [5.74, 6) is -0.572. The van der Waals surface area contributed by atoms with Crippen LogP contribution in [0.25, 0.3) is 0 Å². The second-order valence-electron chi connectivity index (χ2n) is 8.58. The van der Waals surface area contributed by atoms with Crippen molar-refractivity contribution in [2.75, 3.05) is 11.1 Å². The quantitative estimate of drug-likeness (QED) is 0.627. The number of hydrogen-bond acceptors (Lipinski definition) is 6. The van der Waals surface area contributed by atoms with E-state index >= 15 is 0 Å². The van der Waals surface area contributed by atoms with Crippen molar-refractivity contribution in [1.29, 1.82) is 0 Å². The van der Waals surface area contributed by atoms with Gasteiger partial charge in [0, 0.05) is 5.69 Å². The summed E-state index contributed by atoms with van der Waals surface area (Å²) in [7, 11) is -3.97. The predicted octanol–water partition coefficient (Wildman–Crippen LogP) is 3.25. The minimum atomic E-state index is -3.97. The lowest BCUT2D eigenvalue weighted by Crippen LogP contribution is -2.21. The molecule has 1 heterocycles. The third kappa shape index (κ3) is 4.77. The van der Waals surface area contributed by atoms with Crippen molar-refractivity contribution in [2.45, 2.75) is 56.5 Å². The van der Waals surface area contributed by atoms with Gasteiger partial charge in [0.05, 0.1) is 4.90 Å². The molecule has 3 aromatic rings. The van der Waals surface area contributed by atoms with E-state index < -0.39 is 9.84 Å². The maximum atomic E-state index is 13.0. The first-order valence-corrected chi connectivity index (χ1v) is 11.3. The summed E-state index contributed by atoms with van der Waals surface area (Å²) in [5, 5.41) is 9.94. The molecule has 0 saturated heterocycles. The molecule has 1 aromatic heterocycles. The molecule has 0 aliphatic carbocycles. The summed E-state index contributed by atoms with van der Waals surface area (Å²) in [6.45, 7) is 9.73. The van der Waals surface area contributed by atoms with Gasteiger partial charge in [-0.25, -0.2) is 13.1 Å². The first-order valence-electron chi connectivity index (χ1n) is 9.81. The molecular formula is C22H27N5O3S. The Morgan fingerprint density at radius 2 is 1.74 bits per heavy atom. The van der Waals surface area contributed by atoms with E-state index in [1.807, 2.05) is 52.8 Å². The van der Waals surface area contributed by atoms with Gasteiger partial charge in [-0.15, -0.1) is 5.10 Å². The van der Waals surface area contributed by atoms with Crippen molar-refractivity contribution < 1.29 is 13.2 Å². The Labute approximate surface area is 182 Å². The number of sulfone groups is 1. The minimum absolute atomic E-state index is 0.0685. The van der Waals surface area contributed by atoms with Crippen LogP contribution in [0.15, 0.2) is 52.4 Å². The number of amides is 1. The van der Waals surface area contributed by atoms with E-state index in [1.54, 1.807) is 12.1 Å². The Kier molecular flexibility index (Phi) is 5.91. The average Bonchev–Trinajstić information content (AvgIpc) is 3.04. The maximum Gasteiger partial charge on any atom is 0.246 e. The monoisotopic (exact) mass is 441 g/mol. The van der Waals surface area contributed by atoms with Gasteiger partial charge >= 0.3 is 0 Å². The lowest BCUT2D eigenvalue weighted by atomic mass is 9.87. The Morgan fingerprint density at radius 3 is 2.32 bits per heavy atom. The highest BCUT2D eigenvalue weighted by molar-refractivity contribution is 7.91. The predicted molar refractivity (Wildman–Crippen MR) is 120 cm³/mol. The van der Waals surface area contributed by atoms with Crippen LogP contribution in [0.5, 0.6) is 0 Å². The second-order valence-corrected chi connectivity index (χ2v) is 10.4. The van der Waals surface area contributed by atoms with Crippen molar-refractivity contribution >= 4 is 27.2 Å². The Bertz CT molecular complexity index is 1220. The van der Waals surface area contributed by atoms with Crippen LogP contribution in [0.2, 0.25) is 0 Å². The number of carbonyl (C=O) groups is 1. The highest BCUT2D eigenvalue weighted by Crippen LogP contribution is 2.27. The van der Waals surface area contributed by atoms with Crippen molar-refractivity contribution in [3.8, 4) is 0 Å². The van der Waals surface area contributed by atoms with Gasteiger partial charge in [-0.05, 0) is 48.6 Å². The Balaban J connectivity index is 1.81. The molecule has 3 rings (SSSR count). The van der Waals surface area contributed by atoms with Gasteiger partial charge in [-0.3, -0.25) is 4.79 Å². The molecule has 9 heteroatoms. The Hall–Kier alpha value is -3.20. The van der Waals surface area contributed by atoms with Crippen molar-refractivity contribution in [3.63, 3.8) is 0 Å². The fourth-order valence-electron chi connectivity index (χ4n) is 3.14. The highest BCUT2D eigenvalue weighted by Gasteiger charge is 2.27. The molecule has 0 atom stereocenters. The molecule has 0 spiro atoms. The molecule has 0 aliphatic heterocycles. The van der Waals surface area contributed by atoms with Crippen LogP contribution < -0.4 is 11.1 Å². The Morgan fingerprint density at radius 1 is 1.10 bits per heavy atom. The summed E-state index contributed by atoms with van der Waals surface area (Å²) in [6.07, 6.45) is 0. The molecule has 3 N–H and O–H groups in total. The molecule has 8 nitrogen and oxygen atoms in total. The first kappa shape index (κ1) is 22.5. The smallest absolute Gasteiger partial charge is 0.246 e. The zero-order valence-corrected chi connectivity index (χ0v) is 19.1. The second kappa shape index (κ2) is 8.14. The number of nitrogens with one attached hydrogen (secondary N) is 1. The molecule has 0 aliphatic rings. The van der Waals surface area contributed by atoms with Crippen LogP contribution in [0.4, 0.5) is 11.5 Å². The lowest BCUT2D eigenvalue weighted by Gasteiger charge is -2.19. The summed E-state index contributed by atoms with van der Waals surface area (Å²) in [5.41, 5.74) is 9.57. The van der Waals surface area contributed by atoms with Crippen LogP contribution in [0.3, 0.4) is 0 Å². The molecule has 1 amide bonds. The molecule has 164 valence electrons. The third-order valence-corrected chi connectivity index (χ3v) is 6.67. The molecule has 2 aromatic carbocycles. The molecular weight excluding hydrogens is 414 g/mol. The van der Waals surface area contributed by atoms with Crippen LogP contribution in [0.1, 0.15) is 37.5 Å². The van der Waals surface area contributed by atoms with E-state index in [2.05, 4.69) is 15.6 Å². The van der Waals surface area contributed by atoms with E-state index in [4.69, 9.17) is 5.73 Å².